The lowest BCUT2D eigenvalue weighted by Gasteiger charge is -2.07. The van der Waals surface area contributed by atoms with Crippen molar-refractivity contribution in [1.29, 1.82) is 0 Å². The maximum atomic E-state index is 11.4. The smallest absolute Gasteiger partial charge is 0.330 e. The van der Waals surface area contributed by atoms with Crippen molar-refractivity contribution in [3.63, 3.8) is 0 Å². The third-order valence-electron chi connectivity index (χ3n) is 7.93. The first-order chi connectivity index (χ1) is 33.4. The predicted molar refractivity (Wildman–Crippen MR) is 247 cm³/mol. The minimum absolute atomic E-state index is 0.00267. The fourth-order valence-corrected chi connectivity index (χ4v) is 4.57. The fraction of sp³-hybridized carbons (Fsp3) is 0.617. The number of rotatable bonds is 39. The van der Waals surface area contributed by atoms with Crippen molar-refractivity contribution in [2.24, 2.45) is 0 Å². The molecule has 0 bridgehead atoms. The maximum absolute atomic E-state index is 11.4. The summed E-state index contributed by atoms with van der Waals surface area (Å²) in [5.41, 5.74) is 0. The minimum Gasteiger partial charge on any atom is -0.465 e. The average Bonchev–Trinajstić information content (AvgIpc) is 3.31. The van der Waals surface area contributed by atoms with Crippen LogP contribution in [-0.2, 0) is 100 Å². The summed E-state index contributed by atoms with van der Waals surface area (Å²) < 4.78 is 43.2. The molecule has 0 saturated carbocycles. The van der Waals surface area contributed by atoms with Crippen LogP contribution in [0.2, 0.25) is 0 Å². The highest BCUT2D eigenvalue weighted by Crippen LogP contribution is 2.05. The molecule has 70 heavy (non-hydrogen) atoms. The number of esters is 9. The van der Waals surface area contributed by atoms with Crippen LogP contribution in [0.25, 0.3) is 0 Å². The Morgan fingerprint density at radius 1 is 0.357 bits per heavy atom. The van der Waals surface area contributed by atoms with Gasteiger partial charge in [-0.1, -0.05) is 19.7 Å². The summed E-state index contributed by atoms with van der Waals surface area (Å²) in [7, 11) is 1.76. The quantitative estimate of drug-likeness (QED) is 0.0294. The van der Waals surface area contributed by atoms with Gasteiger partial charge >= 0.3 is 53.7 Å². The van der Waals surface area contributed by atoms with Crippen LogP contribution in [0.3, 0.4) is 0 Å². The van der Waals surface area contributed by atoms with Gasteiger partial charge in [0.25, 0.3) is 0 Å². The maximum Gasteiger partial charge on any atom is 0.330 e. The summed E-state index contributed by atoms with van der Waals surface area (Å²) in [5, 5.41) is 5.45. The molecule has 2 N–H and O–H groups in total. The molecule has 0 aromatic heterocycles. The third-order valence-corrected chi connectivity index (χ3v) is 7.93. The van der Waals surface area contributed by atoms with E-state index in [1.165, 1.54) is 13.8 Å². The van der Waals surface area contributed by atoms with Crippen LogP contribution in [0, 0.1) is 0 Å². The molecule has 0 rings (SSSR count). The summed E-state index contributed by atoms with van der Waals surface area (Å²) in [5.74, 6) is -5.26. The third kappa shape index (κ3) is 53.8. The highest BCUT2D eigenvalue weighted by atomic mass is 16.6. The molecule has 0 atom stereocenters. The molecule has 0 unspecified atom stereocenters. The monoisotopic (exact) mass is 1000 g/mol. The van der Waals surface area contributed by atoms with Crippen LogP contribution in [0.5, 0.6) is 0 Å². The van der Waals surface area contributed by atoms with Crippen molar-refractivity contribution in [2.75, 3.05) is 79.6 Å². The Bertz CT molecular complexity index is 1570. The number of hydrogen-bond donors (Lipinski definition) is 2. The van der Waals surface area contributed by atoms with Gasteiger partial charge in [-0.3, -0.25) is 43.2 Å². The van der Waals surface area contributed by atoms with Gasteiger partial charge in [-0.25, -0.2) is 14.4 Å². The van der Waals surface area contributed by atoms with Gasteiger partial charge in [0.1, 0.15) is 70.5 Å². The zero-order valence-electron chi connectivity index (χ0n) is 40.8. The zero-order chi connectivity index (χ0) is 53.2. The van der Waals surface area contributed by atoms with Gasteiger partial charge in [0.05, 0.1) is 19.8 Å². The summed E-state index contributed by atoms with van der Waals surface area (Å²) >= 11 is 0. The lowest BCUT2D eigenvalue weighted by atomic mass is 10.2. The molecule has 0 radical (unpaired) electrons. The minimum atomic E-state index is -0.569. The van der Waals surface area contributed by atoms with Crippen LogP contribution in [0.15, 0.2) is 38.0 Å². The van der Waals surface area contributed by atoms with E-state index in [0.717, 1.165) is 18.2 Å². The van der Waals surface area contributed by atoms with Crippen LogP contribution >= 0.6 is 0 Å². The van der Waals surface area contributed by atoms with Crippen LogP contribution in [-0.4, -0.2) is 151 Å². The number of ketones is 2. The Morgan fingerprint density at radius 2 is 0.643 bits per heavy atom. The lowest BCUT2D eigenvalue weighted by molar-refractivity contribution is -0.149. The van der Waals surface area contributed by atoms with E-state index >= 15 is 0 Å². The molecule has 0 aliphatic heterocycles. The van der Waals surface area contributed by atoms with Crippen LogP contribution in [0.4, 0.5) is 0 Å². The summed E-state index contributed by atoms with van der Waals surface area (Å²) in [4.78, 5) is 132. The summed E-state index contributed by atoms with van der Waals surface area (Å²) in [6, 6.07) is 0. The van der Waals surface area contributed by atoms with E-state index < -0.39 is 35.8 Å². The molecular formula is C47H72N2O21. The number of ether oxygens (including phenoxy) is 9. The van der Waals surface area contributed by atoms with Crippen molar-refractivity contribution >= 4 is 71.2 Å². The van der Waals surface area contributed by atoms with Crippen molar-refractivity contribution in [3.05, 3.63) is 38.0 Å². The second-order valence-corrected chi connectivity index (χ2v) is 14.3. The van der Waals surface area contributed by atoms with E-state index in [1.807, 2.05) is 0 Å². The van der Waals surface area contributed by atoms with Crippen molar-refractivity contribution in [3.8, 4) is 0 Å². The molecule has 1 amide bonds. The highest BCUT2D eigenvalue weighted by Gasteiger charge is 2.11. The standard InChI is InChI=1S/C17H28N2O7.2C15H22O7/c1-3-15(21)25-11-12-26-16(22)7-5-4-6-10-24-17(23)13-14(20)19-9-8-18-2;2*1-3-13(17)21-9-10-22-14(18)7-5-4-6-8-20-15(19)11-12(2)16/h3,18H,1,4-13H2,2H3,(H,19,20);2*3H,1,4-11H2,2H3. The Labute approximate surface area is 409 Å². The second kappa shape index (κ2) is 48.7. The van der Waals surface area contributed by atoms with Crippen molar-refractivity contribution in [1.82, 2.24) is 10.6 Å². The normalized spacial score (nSPS) is 9.76. The Balaban J connectivity index is -0.000000967. The van der Waals surface area contributed by atoms with Gasteiger partial charge in [0.2, 0.25) is 5.91 Å². The Morgan fingerprint density at radius 3 is 0.929 bits per heavy atom. The SMILES string of the molecule is C=CC(=O)OCCOC(=O)CCCCCOC(=O)CC(=O)NCCNC.C=CC(=O)OCCOC(=O)CCCCCOC(=O)CC(C)=O.C=CC(=O)OCCOC(=O)CCCCCOC(=O)CC(C)=O. The first kappa shape index (κ1) is 67.5. The van der Waals surface area contributed by atoms with Gasteiger partial charge in [-0.2, -0.15) is 0 Å². The molecule has 0 aliphatic carbocycles. The number of nitrogens with one attached hydrogen (secondary N) is 2. The zero-order valence-corrected chi connectivity index (χ0v) is 40.8. The van der Waals surface area contributed by atoms with E-state index in [-0.39, 0.29) is 133 Å². The number of hydrogen-bond acceptors (Lipinski definition) is 22. The van der Waals surface area contributed by atoms with Gasteiger partial charge in [0, 0.05) is 50.6 Å². The molecule has 0 saturated heterocycles. The molecule has 23 heteroatoms. The van der Waals surface area contributed by atoms with Crippen molar-refractivity contribution < 1.29 is 100 Å². The molecule has 0 fully saturated rings. The Hall–Kier alpha value is -6.78. The highest BCUT2D eigenvalue weighted by molar-refractivity contribution is 5.95. The molecular weight excluding hydrogens is 929 g/mol. The summed E-state index contributed by atoms with van der Waals surface area (Å²) in [6.07, 6.45) is 8.84. The van der Waals surface area contributed by atoms with Crippen LogP contribution in [0.1, 0.15) is 110 Å². The second-order valence-electron chi connectivity index (χ2n) is 14.3. The van der Waals surface area contributed by atoms with Crippen molar-refractivity contribution in [2.45, 2.75) is 110 Å². The summed E-state index contributed by atoms with van der Waals surface area (Å²) in [6.45, 7) is 14.2. The van der Waals surface area contributed by atoms with E-state index in [9.17, 15) is 57.5 Å². The number of Topliss-reactive ketones (excluding diaryl/α,β-unsaturated/α-hetero) is 2. The Kier molecular flexibility index (Phi) is 46.9. The number of carbonyl (C=O) groups excluding carboxylic acids is 12. The first-order valence-corrected chi connectivity index (χ1v) is 22.6. The number of likely N-dealkylation sites (N-methyl/N-ethyl adjacent to an activating group) is 1. The number of carbonyl (C=O) groups is 12. The molecule has 0 aliphatic rings. The van der Waals surface area contributed by atoms with Crippen LogP contribution < -0.4 is 10.6 Å². The molecule has 0 aromatic rings. The average molecular weight is 1000 g/mol. The van der Waals surface area contributed by atoms with E-state index in [0.29, 0.717) is 70.9 Å². The topological polar surface area (TPSA) is 312 Å². The first-order valence-electron chi connectivity index (χ1n) is 22.6. The van der Waals surface area contributed by atoms with Gasteiger partial charge in [-0.15, -0.1) is 0 Å². The number of unbranched alkanes of at least 4 members (excludes halogenated alkanes) is 6. The largest absolute Gasteiger partial charge is 0.465 e. The lowest BCUT2D eigenvalue weighted by Crippen LogP contribution is -2.32. The molecule has 0 spiro atoms. The van der Waals surface area contributed by atoms with Gasteiger partial charge in [0.15, 0.2) is 0 Å². The van der Waals surface area contributed by atoms with E-state index in [2.05, 4.69) is 44.6 Å². The molecule has 0 aromatic carbocycles. The molecule has 0 heterocycles. The van der Waals surface area contributed by atoms with E-state index in [4.69, 9.17) is 28.4 Å². The van der Waals surface area contributed by atoms with Gasteiger partial charge < -0.3 is 53.3 Å². The molecule has 23 nitrogen and oxygen atoms in total. The molecule has 396 valence electrons. The predicted octanol–water partition coefficient (Wildman–Crippen LogP) is 2.77. The van der Waals surface area contributed by atoms with Gasteiger partial charge in [-0.05, 0) is 78.7 Å². The fourth-order valence-electron chi connectivity index (χ4n) is 4.57. The number of amides is 1. The van der Waals surface area contributed by atoms with E-state index in [1.54, 1.807) is 7.05 Å².